The standard InChI is InChI=1S/C17H26N6O3/c1-4-7-22-8-10-23(11-9-22)13(24)6-5-12-18-14-15(19-12)20(2)17(26)21(3)16(14)25/h4-11H2,1-3H3,(H,18,19). The van der Waals surface area contributed by atoms with E-state index in [1.165, 1.54) is 11.6 Å². The maximum absolute atomic E-state index is 12.4. The molecule has 3 heterocycles. The summed E-state index contributed by atoms with van der Waals surface area (Å²) in [4.78, 5) is 48.2. The molecule has 0 unspecified atom stereocenters. The van der Waals surface area contributed by atoms with Crippen LogP contribution >= 0.6 is 0 Å². The lowest BCUT2D eigenvalue weighted by atomic mass is 10.2. The number of carbonyl (C=O) groups excluding carboxylic acids is 1. The van der Waals surface area contributed by atoms with Gasteiger partial charge < -0.3 is 9.88 Å². The molecule has 2 aromatic heterocycles. The highest BCUT2D eigenvalue weighted by Gasteiger charge is 2.21. The molecule has 142 valence electrons. The van der Waals surface area contributed by atoms with Crippen LogP contribution in [-0.4, -0.2) is 67.5 Å². The number of amides is 1. The first kappa shape index (κ1) is 18.4. The second kappa shape index (κ2) is 7.45. The number of aromatic nitrogens is 4. The Morgan fingerprint density at radius 1 is 1.12 bits per heavy atom. The fraction of sp³-hybridized carbons (Fsp3) is 0.647. The molecule has 0 radical (unpaired) electrons. The van der Waals surface area contributed by atoms with Crippen LogP contribution in [0.4, 0.5) is 0 Å². The number of hydrogen-bond acceptors (Lipinski definition) is 5. The zero-order valence-electron chi connectivity index (χ0n) is 15.6. The largest absolute Gasteiger partial charge is 0.340 e. The van der Waals surface area contributed by atoms with Crippen LogP contribution in [0.2, 0.25) is 0 Å². The lowest BCUT2D eigenvalue weighted by Gasteiger charge is -2.34. The quantitative estimate of drug-likeness (QED) is 0.770. The lowest BCUT2D eigenvalue weighted by Crippen LogP contribution is -2.48. The summed E-state index contributed by atoms with van der Waals surface area (Å²) in [5.74, 6) is 0.652. The van der Waals surface area contributed by atoms with Crippen molar-refractivity contribution < 1.29 is 4.79 Å². The van der Waals surface area contributed by atoms with E-state index in [4.69, 9.17) is 0 Å². The predicted octanol–water partition coefficient (Wildman–Crippen LogP) is -0.553. The molecule has 1 fully saturated rings. The van der Waals surface area contributed by atoms with Gasteiger partial charge in [-0.05, 0) is 13.0 Å². The number of hydrogen-bond donors (Lipinski definition) is 1. The monoisotopic (exact) mass is 362 g/mol. The fourth-order valence-electron chi connectivity index (χ4n) is 3.41. The number of carbonyl (C=O) groups is 1. The Kier molecular flexibility index (Phi) is 5.26. The van der Waals surface area contributed by atoms with Gasteiger partial charge in [0, 0.05) is 53.1 Å². The van der Waals surface area contributed by atoms with E-state index in [-0.39, 0.29) is 5.91 Å². The van der Waals surface area contributed by atoms with Gasteiger partial charge in [0.1, 0.15) is 11.3 Å². The molecule has 0 atom stereocenters. The normalized spacial score (nSPS) is 15.7. The topological polar surface area (TPSA) is 96.2 Å². The molecule has 0 aromatic carbocycles. The second-order valence-electron chi connectivity index (χ2n) is 6.81. The van der Waals surface area contributed by atoms with Gasteiger partial charge in [-0.15, -0.1) is 0 Å². The molecule has 1 aliphatic heterocycles. The molecule has 1 N–H and O–H groups in total. The maximum atomic E-state index is 12.4. The molecule has 3 rings (SSSR count). The van der Waals surface area contributed by atoms with Crippen molar-refractivity contribution in [3.63, 3.8) is 0 Å². The predicted molar refractivity (Wildman–Crippen MR) is 98.2 cm³/mol. The Balaban J connectivity index is 1.66. The summed E-state index contributed by atoms with van der Waals surface area (Å²) in [6, 6.07) is 0. The van der Waals surface area contributed by atoms with Crippen LogP contribution in [0.25, 0.3) is 11.2 Å². The summed E-state index contributed by atoms with van der Waals surface area (Å²) in [5, 5.41) is 0. The third kappa shape index (κ3) is 3.44. The molecule has 1 amide bonds. The highest BCUT2D eigenvalue weighted by Crippen LogP contribution is 2.09. The molecule has 0 spiro atoms. The Labute approximate surface area is 151 Å². The summed E-state index contributed by atoms with van der Waals surface area (Å²) in [7, 11) is 3.02. The summed E-state index contributed by atoms with van der Waals surface area (Å²) in [6.07, 6.45) is 1.88. The van der Waals surface area contributed by atoms with Crippen molar-refractivity contribution in [3.05, 3.63) is 26.7 Å². The Hall–Kier alpha value is -2.42. The van der Waals surface area contributed by atoms with Crippen molar-refractivity contribution in [2.45, 2.75) is 26.2 Å². The molecule has 26 heavy (non-hydrogen) atoms. The number of fused-ring (bicyclic) bond motifs is 1. The maximum Gasteiger partial charge on any atom is 0.332 e. The number of imidazole rings is 1. The first-order valence-electron chi connectivity index (χ1n) is 9.07. The number of aromatic amines is 1. The number of piperazine rings is 1. The van der Waals surface area contributed by atoms with Gasteiger partial charge in [0.25, 0.3) is 5.56 Å². The van der Waals surface area contributed by atoms with Gasteiger partial charge in [-0.1, -0.05) is 6.92 Å². The minimum Gasteiger partial charge on any atom is -0.340 e. The number of nitrogens with zero attached hydrogens (tertiary/aromatic N) is 5. The Morgan fingerprint density at radius 2 is 1.81 bits per heavy atom. The van der Waals surface area contributed by atoms with E-state index in [0.29, 0.717) is 29.8 Å². The summed E-state index contributed by atoms with van der Waals surface area (Å²) >= 11 is 0. The molecular formula is C17H26N6O3. The van der Waals surface area contributed by atoms with Gasteiger partial charge in [0.15, 0.2) is 5.65 Å². The first-order chi connectivity index (χ1) is 12.4. The molecule has 0 saturated carbocycles. The van der Waals surface area contributed by atoms with E-state index in [9.17, 15) is 14.4 Å². The molecule has 1 aliphatic rings. The number of H-pyrrole nitrogens is 1. The van der Waals surface area contributed by atoms with E-state index in [1.807, 2.05) is 4.90 Å². The van der Waals surface area contributed by atoms with Crippen molar-refractivity contribution in [2.24, 2.45) is 14.1 Å². The highest BCUT2D eigenvalue weighted by atomic mass is 16.2. The molecule has 0 bridgehead atoms. The molecule has 0 aliphatic carbocycles. The number of aryl methyl sites for hydroxylation is 2. The second-order valence-corrected chi connectivity index (χ2v) is 6.81. The first-order valence-corrected chi connectivity index (χ1v) is 9.07. The van der Waals surface area contributed by atoms with Crippen molar-refractivity contribution >= 4 is 17.1 Å². The van der Waals surface area contributed by atoms with Gasteiger partial charge in [-0.3, -0.25) is 23.6 Å². The Bertz CT molecular complexity index is 917. The van der Waals surface area contributed by atoms with Gasteiger partial charge in [-0.2, -0.15) is 0 Å². The van der Waals surface area contributed by atoms with Crippen LogP contribution in [0.1, 0.15) is 25.6 Å². The number of nitrogens with one attached hydrogen (secondary N) is 1. The fourth-order valence-corrected chi connectivity index (χ4v) is 3.41. The molecular weight excluding hydrogens is 336 g/mol. The lowest BCUT2D eigenvalue weighted by molar-refractivity contribution is -0.132. The van der Waals surface area contributed by atoms with Gasteiger partial charge >= 0.3 is 5.69 Å². The van der Waals surface area contributed by atoms with E-state index >= 15 is 0 Å². The smallest absolute Gasteiger partial charge is 0.332 e. The van der Waals surface area contributed by atoms with Gasteiger partial charge in [0.05, 0.1) is 0 Å². The Morgan fingerprint density at radius 3 is 2.46 bits per heavy atom. The van der Waals surface area contributed by atoms with Crippen LogP contribution in [0, 0.1) is 0 Å². The minimum atomic E-state index is -0.415. The SMILES string of the molecule is CCCN1CCN(C(=O)CCc2nc3c([nH]2)c(=O)n(C)c(=O)n3C)CC1. The van der Waals surface area contributed by atoms with Gasteiger partial charge in [0.2, 0.25) is 5.91 Å². The van der Waals surface area contributed by atoms with Crippen molar-refractivity contribution in [3.8, 4) is 0 Å². The van der Waals surface area contributed by atoms with Crippen molar-refractivity contribution in [1.29, 1.82) is 0 Å². The van der Waals surface area contributed by atoms with E-state index in [2.05, 4.69) is 21.8 Å². The summed E-state index contributed by atoms with van der Waals surface area (Å²) in [5.41, 5.74) is -0.194. The summed E-state index contributed by atoms with van der Waals surface area (Å²) in [6.45, 7) is 6.59. The van der Waals surface area contributed by atoms with Crippen LogP contribution in [0.15, 0.2) is 9.59 Å². The van der Waals surface area contributed by atoms with Crippen LogP contribution in [-0.2, 0) is 25.3 Å². The summed E-state index contributed by atoms with van der Waals surface area (Å²) < 4.78 is 2.39. The number of rotatable bonds is 5. The van der Waals surface area contributed by atoms with Gasteiger partial charge in [-0.25, -0.2) is 9.78 Å². The van der Waals surface area contributed by atoms with Crippen molar-refractivity contribution in [2.75, 3.05) is 32.7 Å². The van der Waals surface area contributed by atoms with E-state index in [0.717, 1.165) is 43.7 Å². The third-order valence-corrected chi connectivity index (χ3v) is 4.98. The van der Waals surface area contributed by atoms with E-state index < -0.39 is 11.2 Å². The van der Waals surface area contributed by atoms with Crippen LogP contribution in [0.5, 0.6) is 0 Å². The molecule has 2 aromatic rings. The van der Waals surface area contributed by atoms with Crippen LogP contribution < -0.4 is 11.2 Å². The van der Waals surface area contributed by atoms with Crippen LogP contribution in [0.3, 0.4) is 0 Å². The zero-order chi connectivity index (χ0) is 18.8. The van der Waals surface area contributed by atoms with Crippen molar-refractivity contribution in [1.82, 2.24) is 28.9 Å². The average molecular weight is 362 g/mol. The van der Waals surface area contributed by atoms with E-state index in [1.54, 1.807) is 7.05 Å². The highest BCUT2D eigenvalue weighted by molar-refractivity contribution is 5.76. The zero-order valence-corrected chi connectivity index (χ0v) is 15.6. The molecule has 9 heteroatoms. The minimum absolute atomic E-state index is 0.100. The third-order valence-electron chi connectivity index (χ3n) is 4.98. The molecule has 1 saturated heterocycles. The molecule has 9 nitrogen and oxygen atoms in total. The average Bonchev–Trinajstić information content (AvgIpc) is 3.08.